The smallest absolute Gasteiger partial charge is 0.283 e. The van der Waals surface area contributed by atoms with Crippen LogP contribution in [-0.4, -0.2) is 40.4 Å². The molecule has 0 unspecified atom stereocenters. The third-order valence-electron chi connectivity index (χ3n) is 5.51. The molecule has 0 fully saturated rings. The van der Waals surface area contributed by atoms with Gasteiger partial charge < -0.3 is 20.1 Å². The summed E-state index contributed by atoms with van der Waals surface area (Å²) in [4.78, 5) is 39.4. The Bertz CT molecular complexity index is 1570. The molecule has 4 rings (SSSR count). The van der Waals surface area contributed by atoms with Crippen LogP contribution < -0.4 is 30.1 Å². The lowest BCUT2D eigenvalue weighted by Gasteiger charge is -2.19. The molecule has 0 atom stereocenters. The highest BCUT2D eigenvalue weighted by Crippen LogP contribution is 2.38. The number of carbonyl (C=O) groups excluding carboxylic acids is 3. The number of carbonyl (C=O) groups is 3. The highest BCUT2D eigenvalue weighted by Gasteiger charge is 2.40. The van der Waals surface area contributed by atoms with E-state index < -0.39 is 27.7 Å². The second-order valence-corrected chi connectivity index (χ2v) is 9.84. The lowest BCUT2D eigenvalue weighted by molar-refractivity contribution is -0.120. The summed E-state index contributed by atoms with van der Waals surface area (Å²) in [5.41, 5.74) is 1.06. The number of anilines is 3. The number of hydrogen-bond donors (Lipinski definition) is 3. The van der Waals surface area contributed by atoms with Gasteiger partial charge in [0.05, 0.1) is 24.8 Å². The molecule has 3 aromatic carbocycles. The summed E-state index contributed by atoms with van der Waals surface area (Å²) < 4.78 is 33.2. The Morgan fingerprint density at radius 3 is 2.11 bits per heavy atom. The number of ether oxygens (including phenoxy) is 2. The van der Waals surface area contributed by atoms with Crippen molar-refractivity contribution in [2.24, 2.45) is 5.14 Å². The average molecular weight is 557 g/mol. The summed E-state index contributed by atoms with van der Waals surface area (Å²) in [7, 11) is -0.991. The van der Waals surface area contributed by atoms with Gasteiger partial charge in [0, 0.05) is 23.0 Å². The summed E-state index contributed by atoms with van der Waals surface area (Å²) in [6.45, 7) is 0. The van der Waals surface area contributed by atoms with Crippen LogP contribution in [0.4, 0.5) is 17.1 Å². The van der Waals surface area contributed by atoms with Gasteiger partial charge in [-0.1, -0.05) is 11.6 Å². The summed E-state index contributed by atoms with van der Waals surface area (Å²) in [6, 6.07) is 16.1. The first-order valence-corrected chi connectivity index (χ1v) is 12.8. The Kier molecular flexibility index (Phi) is 7.39. The summed E-state index contributed by atoms with van der Waals surface area (Å²) >= 11 is 6.22. The maximum Gasteiger partial charge on any atom is 0.283 e. The van der Waals surface area contributed by atoms with Gasteiger partial charge in [-0.25, -0.2) is 18.5 Å². The molecule has 1 heterocycles. The molecular formula is C25H21ClN4O7S. The Morgan fingerprint density at radius 2 is 1.53 bits per heavy atom. The minimum absolute atomic E-state index is 0.0813. The van der Waals surface area contributed by atoms with Crippen LogP contribution in [0.15, 0.2) is 82.4 Å². The largest absolute Gasteiger partial charge is 0.497 e. The average Bonchev–Trinajstić information content (AvgIpc) is 3.11. The van der Waals surface area contributed by atoms with E-state index in [1.807, 2.05) is 0 Å². The lowest BCUT2D eigenvalue weighted by atomic mass is 10.2. The molecular weight excluding hydrogens is 536 g/mol. The number of rotatable bonds is 8. The van der Waals surface area contributed by atoms with Crippen molar-refractivity contribution in [1.82, 2.24) is 0 Å². The van der Waals surface area contributed by atoms with E-state index in [4.69, 9.17) is 26.2 Å². The number of nitrogens with zero attached hydrogens (tertiary/aromatic N) is 1. The van der Waals surface area contributed by atoms with Crippen LogP contribution in [0.25, 0.3) is 0 Å². The number of primary sulfonamides is 1. The monoisotopic (exact) mass is 556 g/mol. The van der Waals surface area contributed by atoms with Gasteiger partial charge in [-0.15, -0.1) is 0 Å². The Hall–Kier alpha value is -4.39. The van der Waals surface area contributed by atoms with Gasteiger partial charge in [-0.2, -0.15) is 0 Å². The van der Waals surface area contributed by atoms with Crippen LogP contribution in [0.5, 0.6) is 11.5 Å². The fourth-order valence-electron chi connectivity index (χ4n) is 3.58. The van der Waals surface area contributed by atoms with Crippen molar-refractivity contribution < 1.29 is 32.3 Å². The number of methoxy groups -OCH3 is 2. The predicted octanol–water partition coefficient (Wildman–Crippen LogP) is 3.04. The number of hydrogen-bond acceptors (Lipinski definition) is 8. The SMILES string of the molecule is COc1ccc(OC)c(N2C(=O)C(Cl)=C(Nc3ccc(C(=O)Nc4ccc(S(N)(=O)=O)cc4)cc3)C2=O)c1. The lowest BCUT2D eigenvalue weighted by Crippen LogP contribution is -2.32. The second kappa shape index (κ2) is 10.5. The molecule has 1 aliphatic rings. The fraction of sp³-hybridized carbons (Fsp3) is 0.0800. The zero-order valence-electron chi connectivity index (χ0n) is 20.0. The van der Waals surface area contributed by atoms with Crippen LogP contribution in [0, 0.1) is 0 Å². The Morgan fingerprint density at radius 1 is 0.895 bits per heavy atom. The molecule has 11 nitrogen and oxygen atoms in total. The molecule has 0 saturated heterocycles. The quantitative estimate of drug-likeness (QED) is 0.357. The van der Waals surface area contributed by atoms with Crippen molar-refractivity contribution in [3.8, 4) is 11.5 Å². The molecule has 0 saturated carbocycles. The minimum atomic E-state index is -3.85. The van der Waals surface area contributed by atoms with Crippen molar-refractivity contribution in [3.05, 3.63) is 83.0 Å². The standard InChI is InChI=1S/C25H21ClN4O7S/c1-36-17-9-12-20(37-2)19(13-17)30-24(32)21(26)22(25(30)33)28-15-5-3-14(4-6-15)23(31)29-16-7-10-18(11-8-16)38(27,34)35/h3-13,28H,1-2H3,(H,29,31)(H2,27,34,35). The number of halogens is 1. The fourth-order valence-corrected chi connectivity index (χ4v) is 4.31. The molecule has 0 spiro atoms. The van der Waals surface area contributed by atoms with Crippen molar-refractivity contribution in [2.75, 3.05) is 29.8 Å². The number of nitrogens with one attached hydrogen (secondary N) is 2. The molecule has 196 valence electrons. The van der Waals surface area contributed by atoms with E-state index in [2.05, 4.69) is 10.6 Å². The highest BCUT2D eigenvalue weighted by atomic mass is 35.5. The third-order valence-corrected chi connectivity index (χ3v) is 6.79. The Balaban J connectivity index is 1.49. The topological polar surface area (TPSA) is 157 Å². The molecule has 3 aromatic rings. The molecule has 13 heteroatoms. The van der Waals surface area contributed by atoms with Crippen LogP contribution >= 0.6 is 11.6 Å². The van der Waals surface area contributed by atoms with E-state index in [9.17, 15) is 22.8 Å². The van der Waals surface area contributed by atoms with E-state index in [1.165, 1.54) is 68.8 Å². The number of benzene rings is 3. The number of amides is 3. The Labute approximate surface area is 222 Å². The van der Waals surface area contributed by atoms with Gasteiger partial charge in [0.1, 0.15) is 22.2 Å². The highest BCUT2D eigenvalue weighted by molar-refractivity contribution is 7.89. The van der Waals surface area contributed by atoms with E-state index in [-0.39, 0.29) is 32.6 Å². The van der Waals surface area contributed by atoms with Crippen molar-refractivity contribution in [2.45, 2.75) is 4.90 Å². The van der Waals surface area contributed by atoms with Crippen LogP contribution in [0.3, 0.4) is 0 Å². The number of imide groups is 1. The molecule has 0 aromatic heterocycles. The molecule has 1 aliphatic heterocycles. The number of nitrogens with two attached hydrogens (primary N) is 1. The normalized spacial score (nSPS) is 13.5. The summed E-state index contributed by atoms with van der Waals surface area (Å²) in [6.07, 6.45) is 0. The molecule has 0 bridgehead atoms. The van der Waals surface area contributed by atoms with Crippen LogP contribution in [0.2, 0.25) is 0 Å². The van der Waals surface area contributed by atoms with Crippen LogP contribution in [0.1, 0.15) is 10.4 Å². The van der Waals surface area contributed by atoms with Crippen molar-refractivity contribution >= 4 is 56.4 Å². The molecule has 0 radical (unpaired) electrons. The first-order valence-electron chi connectivity index (χ1n) is 10.9. The van der Waals surface area contributed by atoms with Gasteiger partial charge in [0.15, 0.2) is 0 Å². The zero-order valence-corrected chi connectivity index (χ0v) is 21.6. The second-order valence-electron chi connectivity index (χ2n) is 7.90. The minimum Gasteiger partial charge on any atom is -0.497 e. The summed E-state index contributed by atoms with van der Waals surface area (Å²) in [5, 5.41) is 10.2. The van der Waals surface area contributed by atoms with E-state index in [0.29, 0.717) is 17.1 Å². The van der Waals surface area contributed by atoms with Gasteiger partial charge in [0.2, 0.25) is 10.0 Å². The van der Waals surface area contributed by atoms with Gasteiger partial charge >= 0.3 is 0 Å². The van der Waals surface area contributed by atoms with Gasteiger partial charge in [0.25, 0.3) is 17.7 Å². The molecule has 38 heavy (non-hydrogen) atoms. The first-order chi connectivity index (χ1) is 18.0. The molecule has 3 amide bonds. The van der Waals surface area contributed by atoms with E-state index in [0.717, 1.165) is 4.90 Å². The van der Waals surface area contributed by atoms with Gasteiger partial charge in [-0.3, -0.25) is 14.4 Å². The molecule has 4 N–H and O–H groups in total. The maximum atomic E-state index is 13.2. The zero-order chi connectivity index (χ0) is 27.6. The van der Waals surface area contributed by atoms with Gasteiger partial charge in [-0.05, 0) is 60.7 Å². The van der Waals surface area contributed by atoms with Crippen LogP contribution in [-0.2, 0) is 19.6 Å². The number of sulfonamides is 1. The third kappa shape index (κ3) is 5.32. The predicted molar refractivity (Wildman–Crippen MR) is 141 cm³/mol. The van der Waals surface area contributed by atoms with E-state index in [1.54, 1.807) is 12.1 Å². The summed E-state index contributed by atoms with van der Waals surface area (Å²) in [5.74, 6) is -1.21. The van der Waals surface area contributed by atoms with Crippen molar-refractivity contribution in [3.63, 3.8) is 0 Å². The first kappa shape index (κ1) is 26.7. The maximum absolute atomic E-state index is 13.2. The molecule has 0 aliphatic carbocycles. The van der Waals surface area contributed by atoms with Crippen molar-refractivity contribution in [1.29, 1.82) is 0 Å². The van der Waals surface area contributed by atoms with E-state index >= 15 is 0 Å².